The van der Waals surface area contributed by atoms with Crippen molar-refractivity contribution in [1.82, 2.24) is 0 Å². The molecule has 0 saturated heterocycles. The molecule has 0 spiro atoms. The number of hydrogen-bond donors (Lipinski definition) is 2. The van der Waals surface area contributed by atoms with Crippen LogP contribution in [-0.4, -0.2) is 17.9 Å². The van der Waals surface area contributed by atoms with Crippen molar-refractivity contribution in [3.63, 3.8) is 0 Å². The molecule has 2 N–H and O–H groups in total. The molecule has 0 rings (SSSR count). The average molecular weight is 162 g/mol. The summed E-state index contributed by atoms with van der Waals surface area (Å²) in [6, 6.07) is 0. The van der Waals surface area contributed by atoms with E-state index in [2.05, 4.69) is 3.97 Å². The summed E-state index contributed by atoms with van der Waals surface area (Å²) < 4.78 is 39.0. The second kappa shape index (κ2) is 2.56. The summed E-state index contributed by atoms with van der Waals surface area (Å²) in [5, 5.41) is 0. The predicted octanol–water partition coefficient (Wildman–Crippen LogP) is -0.812. The standard InChI is InChI=1S/H3O6PS/c1-7(2)6-8(3,4)5/h7H,(H,1,2)(H,3,4,5). The van der Waals surface area contributed by atoms with Gasteiger partial charge in [0.15, 0.2) is 0 Å². The van der Waals surface area contributed by atoms with Crippen molar-refractivity contribution < 1.29 is 26.4 Å². The fourth-order valence-electron chi connectivity index (χ4n) is 0.0901. The molecule has 0 bridgehead atoms. The molecule has 1 atom stereocenters. The lowest BCUT2D eigenvalue weighted by molar-refractivity contribution is 0.356. The average Bonchev–Trinajstić information content (AvgIpc) is 1.21. The van der Waals surface area contributed by atoms with Gasteiger partial charge in [-0.1, -0.05) is 0 Å². The Balaban J connectivity index is 3.95. The van der Waals surface area contributed by atoms with E-state index in [-0.39, 0.29) is 0 Å². The summed E-state index contributed by atoms with van der Waals surface area (Å²) in [5.74, 6) is 0. The predicted molar refractivity (Wildman–Crippen MR) is 23.9 cm³/mol. The Morgan fingerprint density at radius 1 is 1.50 bits per heavy atom. The molecule has 0 aliphatic rings. The van der Waals surface area contributed by atoms with Gasteiger partial charge in [-0.3, -0.25) is 9.12 Å². The summed E-state index contributed by atoms with van der Waals surface area (Å²) in [6.07, 6.45) is 0. The van der Waals surface area contributed by atoms with Crippen molar-refractivity contribution in [3.05, 3.63) is 0 Å². The van der Waals surface area contributed by atoms with E-state index in [1.165, 1.54) is 0 Å². The lowest BCUT2D eigenvalue weighted by atomic mass is 15.8. The number of hydrogen-bond acceptors (Lipinski definition) is 4. The van der Waals surface area contributed by atoms with Crippen LogP contribution in [0.3, 0.4) is 0 Å². The normalized spacial score (nSPS) is 15.8. The van der Waals surface area contributed by atoms with E-state index in [0.29, 0.717) is 0 Å². The monoisotopic (exact) mass is 162 g/mol. The first-order valence-corrected chi connectivity index (χ1v) is 3.94. The molecule has 0 heterocycles. The highest BCUT2D eigenvalue weighted by Crippen LogP contribution is 2.16. The number of rotatable bonds is 2. The Hall–Kier alpha value is 0.0600. The Bertz CT molecular complexity index is 175. The van der Waals surface area contributed by atoms with Gasteiger partial charge < -0.3 is 4.89 Å². The highest BCUT2D eigenvalue weighted by molar-refractivity contribution is 7.84. The van der Waals surface area contributed by atoms with Gasteiger partial charge in [-0.25, -0.2) is 0 Å². The van der Waals surface area contributed by atoms with Gasteiger partial charge in [0, 0.05) is 0 Å². The van der Waals surface area contributed by atoms with E-state index in [0.717, 1.165) is 0 Å². The minimum atomic E-state index is -4.74. The summed E-state index contributed by atoms with van der Waals surface area (Å²) in [5.41, 5.74) is 0. The summed E-state index contributed by atoms with van der Waals surface area (Å²) in [6.45, 7) is 0. The molecule has 0 fully saturated rings. The molecule has 0 aliphatic heterocycles. The molecule has 0 amide bonds. The van der Waals surface area contributed by atoms with E-state index in [1.54, 1.807) is 0 Å². The molecule has 1 unspecified atom stereocenters. The maximum Gasteiger partial charge on any atom is 0.404 e. The van der Waals surface area contributed by atoms with Crippen LogP contribution >= 0.6 is 8.25 Å². The van der Waals surface area contributed by atoms with Gasteiger partial charge in [0.1, 0.15) is 0 Å². The first-order valence-electron chi connectivity index (χ1n) is 1.31. The molecule has 0 aliphatic carbocycles. The van der Waals surface area contributed by atoms with Crippen LogP contribution in [0.25, 0.3) is 0 Å². The highest BCUT2D eigenvalue weighted by atomic mass is 32.3. The zero-order valence-electron chi connectivity index (χ0n) is 3.44. The third kappa shape index (κ3) is 6.06. The third-order valence-corrected chi connectivity index (χ3v) is 1.59. The van der Waals surface area contributed by atoms with Crippen molar-refractivity contribution in [2.75, 3.05) is 0 Å². The Labute approximate surface area is 46.0 Å². The van der Waals surface area contributed by atoms with Crippen molar-refractivity contribution in [3.8, 4) is 0 Å². The molecule has 6 nitrogen and oxygen atoms in total. The molecule has 8 heteroatoms. The first-order chi connectivity index (χ1) is 3.42. The minimum absolute atomic E-state index is 3.07. The lowest BCUT2D eigenvalue weighted by Crippen LogP contribution is -1.95. The zero-order valence-corrected chi connectivity index (χ0v) is 5.25. The SMILES string of the molecule is O=[PH](O)OS(=O)(=O)O. The van der Waals surface area contributed by atoms with Crippen LogP contribution in [0, 0.1) is 0 Å². The third-order valence-electron chi connectivity index (χ3n) is 0.177. The minimum Gasteiger partial charge on any atom is -0.326 e. The smallest absolute Gasteiger partial charge is 0.326 e. The lowest BCUT2D eigenvalue weighted by Gasteiger charge is -1.88. The van der Waals surface area contributed by atoms with Gasteiger partial charge in [-0.2, -0.15) is 12.4 Å². The Morgan fingerprint density at radius 3 is 1.88 bits per heavy atom. The molecule has 0 saturated carbocycles. The molecule has 0 aromatic rings. The summed E-state index contributed by atoms with van der Waals surface area (Å²) in [4.78, 5) is 7.67. The molecular weight excluding hydrogens is 159 g/mol. The van der Waals surface area contributed by atoms with Crippen LogP contribution in [0.2, 0.25) is 0 Å². The van der Waals surface area contributed by atoms with Gasteiger partial charge >= 0.3 is 18.7 Å². The Kier molecular flexibility index (Phi) is 2.58. The topological polar surface area (TPSA) is 101 Å². The fourth-order valence-corrected chi connectivity index (χ4v) is 0.811. The van der Waals surface area contributed by atoms with Gasteiger partial charge in [-0.15, -0.1) is 0 Å². The van der Waals surface area contributed by atoms with Crippen molar-refractivity contribution in [2.24, 2.45) is 0 Å². The van der Waals surface area contributed by atoms with Crippen LogP contribution < -0.4 is 0 Å². The van der Waals surface area contributed by atoms with Crippen molar-refractivity contribution in [1.29, 1.82) is 0 Å². The maximum absolute atomic E-state index is 9.44. The van der Waals surface area contributed by atoms with E-state index in [1.807, 2.05) is 0 Å². The van der Waals surface area contributed by atoms with E-state index >= 15 is 0 Å². The van der Waals surface area contributed by atoms with Crippen LogP contribution in [0.4, 0.5) is 0 Å². The van der Waals surface area contributed by atoms with Gasteiger partial charge in [0.2, 0.25) is 0 Å². The van der Waals surface area contributed by atoms with Gasteiger partial charge in [-0.05, 0) is 0 Å². The fraction of sp³-hybridized carbons (Fsp3) is 0. The molecule has 0 aromatic heterocycles. The van der Waals surface area contributed by atoms with E-state index in [4.69, 9.17) is 9.45 Å². The maximum atomic E-state index is 9.44. The van der Waals surface area contributed by atoms with Crippen molar-refractivity contribution in [2.45, 2.75) is 0 Å². The highest BCUT2D eigenvalue weighted by Gasteiger charge is 2.06. The molecule has 0 aromatic carbocycles. The zero-order chi connectivity index (χ0) is 6.78. The van der Waals surface area contributed by atoms with E-state index < -0.39 is 18.7 Å². The van der Waals surface area contributed by atoms with Crippen LogP contribution in [0.15, 0.2) is 0 Å². The molecule has 50 valence electrons. The largest absolute Gasteiger partial charge is 0.404 e. The molecule has 0 radical (unpaired) electrons. The summed E-state index contributed by atoms with van der Waals surface area (Å²) >= 11 is 0. The van der Waals surface area contributed by atoms with Crippen LogP contribution in [0.1, 0.15) is 0 Å². The second-order valence-electron chi connectivity index (χ2n) is 0.777. The summed E-state index contributed by atoms with van der Waals surface area (Å²) in [7, 11) is -8.32. The Morgan fingerprint density at radius 2 is 1.88 bits per heavy atom. The van der Waals surface area contributed by atoms with Crippen LogP contribution in [-0.2, 0) is 18.9 Å². The first kappa shape index (κ1) is 8.06. The molecule has 8 heavy (non-hydrogen) atoms. The molecular formula is H3O6PS. The quantitative estimate of drug-likeness (QED) is 0.406. The van der Waals surface area contributed by atoms with Gasteiger partial charge in [0.05, 0.1) is 0 Å². The second-order valence-corrected chi connectivity index (χ2v) is 2.83. The van der Waals surface area contributed by atoms with Crippen molar-refractivity contribution >= 4 is 18.7 Å². The van der Waals surface area contributed by atoms with E-state index in [9.17, 15) is 13.0 Å². The van der Waals surface area contributed by atoms with Gasteiger partial charge in [0.25, 0.3) is 0 Å². The van der Waals surface area contributed by atoms with Crippen LogP contribution in [0.5, 0.6) is 0 Å².